The molecule has 1 aliphatic rings. The summed E-state index contributed by atoms with van der Waals surface area (Å²) in [4.78, 5) is 0. The summed E-state index contributed by atoms with van der Waals surface area (Å²) in [6.45, 7) is 0. The zero-order chi connectivity index (χ0) is 14.7. The lowest BCUT2D eigenvalue weighted by molar-refractivity contribution is 0.414. The SMILES string of the molecule is COc1ccc2c(c1)C(Nc1ccc(CC#N)cc1)CC2. The van der Waals surface area contributed by atoms with Crippen LogP contribution in [0.15, 0.2) is 42.5 Å². The van der Waals surface area contributed by atoms with Gasteiger partial charge in [-0.3, -0.25) is 0 Å². The van der Waals surface area contributed by atoms with Gasteiger partial charge in [0.25, 0.3) is 0 Å². The van der Waals surface area contributed by atoms with Crippen molar-refractivity contribution in [3.63, 3.8) is 0 Å². The van der Waals surface area contributed by atoms with Gasteiger partial charge in [0.05, 0.1) is 25.6 Å². The van der Waals surface area contributed by atoms with E-state index in [1.165, 1.54) is 11.1 Å². The van der Waals surface area contributed by atoms with Crippen molar-refractivity contribution < 1.29 is 4.74 Å². The highest BCUT2D eigenvalue weighted by Gasteiger charge is 2.22. The number of ether oxygens (including phenoxy) is 1. The van der Waals surface area contributed by atoms with Gasteiger partial charge in [0.1, 0.15) is 5.75 Å². The predicted octanol–water partition coefficient (Wildman–Crippen LogP) is 3.86. The Balaban J connectivity index is 1.77. The van der Waals surface area contributed by atoms with E-state index in [9.17, 15) is 0 Å². The summed E-state index contributed by atoms with van der Waals surface area (Å²) in [5.41, 5.74) is 4.87. The average Bonchev–Trinajstić information content (AvgIpc) is 2.92. The smallest absolute Gasteiger partial charge is 0.119 e. The second kappa shape index (κ2) is 5.88. The van der Waals surface area contributed by atoms with Crippen molar-refractivity contribution in [2.24, 2.45) is 0 Å². The maximum absolute atomic E-state index is 8.70. The molecule has 3 rings (SSSR count). The Morgan fingerprint density at radius 2 is 2.05 bits per heavy atom. The molecule has 0 fully saturated rings. The number of hydrogen-bond donors (Lipinski definition) is 1. The van der Waals surface area contributed by atoms with Gasteiger partial charge < -0.3 is 10.1 Å². The standard InChI is InChI=1S/C18H18N2O/c1-21-16-8-4-14-5-9-18(17(14)12-16)20-15-6-2-13(3-7-15)10-11-19/h2-4,6-8,12,18,20H,5,9-10H2,1H3. The van der Waals surface area contributed by atoms with E-state index >= 15 is 0 Å². The molecule has 3 heteroatoms. The predicted molar refractivity (Wildman–Crippen MR) is 83.4 cm³/mol. The van der Waals surface area contributed by atoms with Crippen LogP contribution < -0.4 is 10.1 Å². The van der Waals surface area contributed by atoms with Crippen LogP contribution in [0, 0.1) is 11.3 Å². The van der Waals surface area contributed by atoms with Gasteiger partial charge in [-0.15, -0.1) is 0 Å². The molecular weight excluding hydrogens is 260 g/mol. The summed E-state index contributed by atoms with van der Waals surface area (Å²) in [6.07, 6.45) is 2.66. The van der Waals surface area contributed by atoms with E-state index in [2.05, 4.69) is 23.5 Å². The molecule has 0 amide bonds. The van der Waals surface area contributed by atoms with Gasteiger partial charge in [0.2, 0.25) is 0 Å². The lowest BCUT2D eigenvalue weighted by atomic mass is 10.1. The Labute approximate surface area is 125 Å². The molecule has 0 heterocycles. The Morgan fingerprint density at radius 1 is 1.24 bits per heavy atom. The van der Waals surface area contributed by atoms with Crippen molar-refractivity contribution in [3.8, 4) is 11.8 Å². The van der Waals surface area contributed by atoms with Crippen LogP contribution in [0.25, 0.3) is 0 Å². The maximum Gasteiger partial charge on any atom is 0.119 e. The van der Waals surface area contributed by atoms with Crippen LogP contribution in [0.5, 0.6) is 5.75 Å². The van der Waals surface area contributed by atoms with E-state index in [0.717, 1.165) is 29.8 Å². The van der Waals surface area contributed by atoms with Crippen molar-refractivity contribution in [2.75, 3.05) is 12.4 Å². The van der Waals surface area contributed by atoms with E-state index in [0.29, 0.717) is 12.5 Å². The first kappa shape index (κ1) is 13.5. The van der Waals surface area contributed by atoms with Crippen LogP contribution in [0.4, 0.5) is 5.69 Å². The van der Waals surface area contributed by atoms with Gasteiger partial charge in [0.15, 0.2) is 0 Å². The third kappa shape index (κ3) is 2.85. The first-order chi connectivity index (χ1) is 10.3. The third-order valence-corrected chi connectivity index (χ3v) is 4.01. The van der Waals surface area contributed by atoms with Crippen molar-refractivity contribution in [3.05, 3.63) is 59.2 Å². The molecule has 0 spiro atoms. The lowest BCUT2D eigenvalue weighted by Gasteiger charge is -2.16. The summed E-state index contributed by atoms with van der Waals surface area (Å²) < 4.78 is 5.32. The Bertz CT molecular complexity index is 671. The zero-order valence-electron chi connectivity index (χ0n) is 12.1. The van der Waals surface area contributed by atoms with Crippen molar-refractivity contribution in [2.45, 2.75) is 25.3 Å². The fourth-order valence-electron chi connectivity index (χ4n) is 2.87. The second-order valence-corrected chi connectivity index (χ2v) is 5.33. The molecule has 2 aromatic carbocycles. The number of nitriles is 1. The van der Waals surface area contributed by atoms with Crippen LogP contribution in [0.3, 0.4) is 0 Å². The van der Waals surface area contributed by atoms with Crippen LogP contribution >= 0.6 is 0 Å². The minimum Gasteiger partial charge on any atom is -0.497 e. The van der Waals surface area contributed by atoms with Crippen LogP contribution in [-0.4, -0.2) is 7.11 Å². The zero-order valence-corrected chi connectivity index (χ0v) is 12.1. The van der Waals surface area contributed by atoms with Crippen molar-refractivity contribution in [1.29, 1.82) is 5.26 Å². The normalized spacial score (nSPS) is 16.1. The molecule has 0 saturated heterocycles. The highest BCUT2D eigenvalue weighted by molar-refractivity contribution is 5.50. The third-order valence-electron chi connectivity index (χ3n) is 4.01. The summed E-state index contributed by atoms with van der Waals surface area (Å²) in [7, 11) is 1.70. The van der Waals surface area contributed by atoms with Crippen molar-refractivity contribution >= 4 is 5.69 Å². The molecule has 1 N–H and O–H groups in total. The fourth-order valence-corrected chi connectivity index (χ4v) is 2.87. The topological polar surface area (TPSA) is 45.0 Å². The molecule has 0 aromatic heterocycles. The average molecular weight is 278 g/mol. The number of aryl methyl sites for hydroxylation is 1. The molecule has 1 unspecified atom stereocenters. The highest BCUT2D eigenvalue weighted by atomic mass is 16.5. The van der Waals surface area contributed by atoms with Crippen molar-refractivity contribution in [1.82, 2.24) is 0 Å². The number of nitrogens with zero attached hydrogens (tertiary/aromatic N) is 1. The number of rotatable bonds is 4. The quantitative estimate of drug-likeness (QED) is 0.923. The van der Waals surface area contributed by atoms with Gasteiger partial charge in [-0.05, 0) is 53.8 Å². The van der Waals surface area contributed by atoms with E-state index in [-0.39, 0.29) is 0 Å². The molecule has 1 aliphatic carbocycles. The molecule has 21 heavy (non-hydrogen) atoms. The van der Waals surface area contributed by atoms with Gasteiger partial charge in [0, 0.05) is 5.69 Å². The van der Waals surface area contributed by atoms with E-state index in [1.807, 2.05) is 30.3 Å². The largest absolute Gasteiger partial charge is 0.497 e. The van der Waals surface area contributed by atoms with Gasteiger partial charge in [-0.25, -0.2) is 0 Å². The second-order valence-electron chi connectivity index (χ2n) is 5.33. The molecule has 0 radical (unpaired) electrons. The molecule has 0 aliphatic heterocycles. The number of anilines is 1. The molecule has 0 bridgehead atoms. The number of fused-ring (bicyclic) bond motifs is 1. The van der Waals surface area contributed by atoms with E-state index < -0.39 is 0 Å². The summed E-state index contributed by atoms with van der Waals surface area (Å²) in [6, 6.07) is 16.9. The lowest BCUT2D eigenvalue weighted by Crippen LogP contribution is -2.07. The van der Waals surface area contributed by atoms with Crippen LogP contribution in [0.1, 0.15) is 29.2 Å². The van der Waals surface area contributed by atoms with Crippen LogP contribution in [0.2, 0.25) is 0 Å². The summed E-state index contributed by atoms with van der Waals surface area (Å²) in [5.74, 6) is 0.909. The number of methoxy groups -OCH3 is 1. The molecule has 1 atom stereocenters. The molecule has 106 valence electrons. The Kier molecular flexibility index (Phi) is 3.79. The monoisotopic (exact) mass is 278 g/mol. The first-order valence-electron chi connectivity index (χ1n) is 7.19. The fraction of sp³-hybridized carbons (Fsp3) is 0.278. The molecular formula is C18H18N2O. The molecule has 3 nitrogen and oxygen atoms in total. The number of benzene rings is 2. The highest BCUT2D eigenvalue weighted by Crippen LogP contribution is 2.36. The maximum atomic E-state index is 8.70. The van der Waals surface area contributed by atoms with Gasteiger partial charge in [-0.1, -0.05) is 18.2 Å². The summed E-state index contributed by atoms with van der Waals surface area (Å²) >= 11 is 0. The Morgan fingerprint density at radius 3 is 2.76 bits per heavy atom. The number of nitrogens with one attached hydrogen (secondary N) is 1. The molecule has 0 saturated carbocycles. The summed E-state index contributed by atoms with van der Waals surface area (Å²) in [5, 5.41) is 12.3. The Hall–Kier alpha value is -2.47. The minimum absolute atomic E-state index is 0.330. The number of hydrogen-bond acceptors (Lipinski definition) is 3. The molecule has 2 aromatic rings. The van der Waals surface area contributed by atoms with Gasteiger partial charge >= 0.3 is 0 Å². The first-order valence-corrected chi connectivity index (χ1v) is 7.19. The van der Waals surface area contributed by atoms with E-state index in [4.69, 9.17) is 10.00 Å². The van der Waals surface area contributed by atoms with Gasteiger partial charge in [-0.2, -0.15) is 5.26 Å². The van der Waals surface area contributed by atoms with Crippen LogP contribution in [-0.2, 0) is 12.8 Å². The minimum atomic E-state index is 0.330. The van der Waals surface area contributed by atoms with E-state index in [1.54, 1.807) is 7.11 Å².